The predicted octanol–water partition coefficient (Wildman–Crippen LogP) is 9.88. The van der Waals surface area contributed by atoms with Gasteiger partial charge in [-0.3, -0.25) is 9.69 Å². The van der Waals surface area contributed by atoms with E-state index < -0.39 is 17.7 Å². The van der Waals surface area contributed by atoms with Crippen LogP contribution in [0.4, 0.5) is 18.9 Å². The molecule has 0 saturated heterocycles. The Balaban J connectivity index is 1.67. The van der Waals surface area contributed by atoms with Crippen molar-refractivity contribution in [3.05, 3.63) is 114 Å². The number of allylic oxidation sites excluding steroid dienone is 3. The molecule has 4 nitrogen and oxygen atoms in total. The van der Waals surface area contributed by atoms with Crippen molar-refractivity contribution < 1.29 is 18.0 Å². The Hall–Kier alpha value is -3.09. The number of nitrogens with zero attached hydrogens (tertiary/aromatic N) is 2. The number of anilines is 1. The van der Waals surface area contributed by atoms with Crippen molar-refractivity contribution in [2.24, 2.45) is 5.73 Å². The molecule has 0 saturated carbocycles. The fourth-order valence-electron chi connectivity index (χ4n) is 5.73. The molecule has 11 heteroatoms. The molecule has 222 valence electrons. The van der Waals surface area contributed by atoms with E-state index in [1.165, 1.54) is 28.8 Å². The zero-order valence-corrected chi connectivity index (χ0v) is 26.2. The van der Waals surface area contributed by atoms with Crippen molar-refractivity contribution >= 4 is 58.0 Å². The zero-order chi connectivity index (χ0) is 31.2. The molecule has 2 N–H and O–H groups in total. The summed E-state index contributed by atoms with van der Waals surface area (Å²) in [4.78, 5) is 15.6. The summed E-state index contributed by atoms with van der Waals surface area (Å²) >= 11 is 20.0. The normalized spacial score (nSPS) is 17.3. The van der Waals surface area contributed by atoms with Crippen LogP contribution >= 0.6 is 46.6 Å². The summed E-state index contributed by atoms with van der Waals surface area (Å²) in [5.74, 6) is -0.667. The fraction of sp³-hybridized carbons (Fsp3) is 0.250. The Morgan fingerprint density at radius 2 is 1.72 bits per heavy atom. The number of nitrogens with two attached hydrogens (primary N) is 1. The average Bonchev–Trinajstić information content (AvgIpc) is 2.94. The molecule has 2 aliphatic rings. The highest BCUT2D eigenvalue weighted by atomic mass is 35.5. The molecule has 1 aliphatic carbocycles. The molecule has 1 aliphatic heterocycles. The third-order valence-electron chi connectivity index (χ3n) is 7.73. The number of hydrogen-bond acceptors (Lipinski definition) is 5. The Labute approximate surface area is 266 Å². The number of Topliss-reactive ketones (excluding diaryl/α,β-unsaturated/α-hetero) is 1. The summed E-state index contributed by atoms with van der Waals surface area (Å²) in [5, 5.41) is 11.4. The van der Waals surface area contributed by atoms with Gasteiger partial charge in [-0.1, -0.05) is 46.9 Å². The highest BCUT2D eigenvalue weighted by Crippen LogP contribution is 2.50. The lowest BCUT2D eigenvalue weighted by Gasteiger charge is -2.41. The van der Waals surface area contributed by atoms with Crippen LogP contribution in [0.2, 0.25) is 15.1 Å². The summed E-state index contributed by atoms with van der Waals surface area (Å²) in [5.41, 5.74) is 9.46. The van der Waals surface area contributed by atoms with Gasteiger partial charge in [-0.05, 0) is 85.3 Å². The fourth-order valence-corrected chi connectivity index (χ4v) is 7.46. The first-order valence-corrected chi connectivity index (χ1v) is 15.4. The lowest BCUT2D eigenvalue weighted by Crippen LogP contribution is -2.39. The van der Waals surface area contributed by atoms with Crippen molar-refractivity contribution in [3.8, 4) is 6.07 Å². The highest BCUT2D eigenvalue weighted by molar-refractivity contribution is 7.98. The number of carbonyl (C=O) groups excluding carboxylic acids is 1. The molecule has 5 rings (SSSR count). The van der Waals surface area contributed by atoms with Gasteiger partial charge in [-0.25, -0.2) is 0 Å². The van der Waals surface area contributed by atoms with E-state index in [-0.39, 0.29) is 34.3 Å². The molecule has 0 radical (unpaired) electrons. The Morgan fingerprint density at radius 1 is 1.02 bits per heavy atom. The van der Waals surface area contributed by atoms with Crippen molar-refractivity contribution in [3.63, 3.8) is 0 Å². The summed E-state index contributed by atoms with van der Waals surface area (Å²) in [6, 6.07) is 14.7. The molecular weight excluding hydrogens is 638 g/mol. The minimum Gasteiger partial charge on any atom is -0.384 e. The van der Waals surface area contributed by atoms with Crippen molar-refractivity contribution in [2.75, 3.05) is 4.90 Å². The molecule has 1 atom stereocenters. The first-order valence-electron chi connectivity index (χ1n) is 13.3. The second kappa shape index (κ2) is 12.1. The lowest BCUT2D eigenvalue weighted by atomic mass is 9.74. The summed E-state index contributed by atoms with van der Waals surface area (Å²) in [6.07, 6.45) is -3.77. The second-order valence-corrected chi connectivity index (χ2v) is 12.8. The Kier molecular flexibility index (Phi) is 8.84. The van der Waals surface area contributed by atoms with E-state index in [0.717, 1.165) is 27.7 Å². The number of hydrogen-bond donors (Lipinski definition) is 1. The van der Waals surface area contributed by atoms with Crippen LogP contribution < -0.4 is 10.6 Å². The maximum Gasteiger partial charge on any atom is 0.418 e. The number of halogens is 6. The monoisotopic (exact) mass is 661 g/mol. The van der Waals surface area contributed by atoms with Crippen molar-refractivity contribution in [1.82, 2.24) is 0 Å². The van der Waals surface area contributed by atoms with Gasteiger partial charge in [0.1, 0.15) is 5.82 Å². The number of nitriles is 1. The molecular formula is C32H25Cl3F3N3OS. The van der Waals surface area contributed by atoms with Crippen LogP contribution in [-0.2, 0) is 16.7 Å². The van der Waals surface area contributed by atoms with Gasteiger partial charge in [-0.2, -0.15) is 18.4 Å². The van der Waals surface area contributed by atoms with Crippen LogP contribution in [0.15, 0.2) is 76.1 Å². The van der Waals surface area contributed by atoms with Crippen LogP contribution in [-0.4, -0.2) is 5.78 Å². The lowest BCUT2D eigenvalue weighted by molar-refractivity contribution is -0.137. The number of thioether (sulfide) groups is 1. The number of carbonyl (C=O) groups is 1. The number of ketones is 1. The first kappa shape index (κ1) is 31.3. The van der Waals surface area contributed by atoms with Gasteiger partial charge >= 0.3 is 6.18 Å². The van der Waals surface area contributed by atoms with E-state index >= 15 is 0 Å². The maximum atomic E-state index is 14.2. The molecule has 0 fully saturated rings. The largest absolute Gasteiger partial charge is 0.418 e. The topological polar surface area (TPSA) is 70.1 Å². The maximum absolute atomic E-state index is 14.2. The molecule has 0 spiro atoms. The zero-order valence-electron chi connectivity index (χ0n) is 23.1. The molecule has 1 unspecified atom stereocenters. The van der Waals surface area contributed by atoms with Gasteiger partial charge in [0.15, 0.2) is 5.78 Å². The minimum absolute atomic E-state index is 0.0144. The first-order chi connectivity index (χ1) is 20.3. The van der Waals surface area contributed by atoms with Gasteiger partial charge in [0.05, 0.1) is 33.8 Å². The molecule has 0 bridgehead atoms. The number of aryl methyl sites for hydroxylation is 2. The van der Waals surface area contributed by atoms with E-state index in [0.29, 0.717) is 45.5 Å². The average molecular weight is 663 g/mol. The van der Waals surface area contributed by atoms with Crippen LogP contribution in [0.5, 0.6) is 0 Å². The van der Waals surface area contributed by atoms with Crippen molar-refractivity contribution in [1.29, 1.82) is 5.26 Å². The van der Waals surface area contributed by atoms with E-state index in [1.54, 1.807) is 18.2 Å². The van der Waals surface area contributed by atoms with Crippen LogP contribution in [0.3, 0.4) is 0 Å². The van der Waals surface area contributed by atoms with E-state index in [4.69, 9.17) is 40.5 Å². The number of benzene rings is 3. The van der Waals surface area contributed by atoms with Crippen LogP contribution in [0, 0.1) is 25.2 Å². The third kappa shape index (κ3) is 6.01. The van der Waals surface area contributed by atoms with E-state index in [1.807, 2.05) is 26.0 Å². The van der Waals surface area contributed by atoms with E-state index in [9.17, 15) is 23.2 Å². The Morgan fingerprint density at radius 3 is 2.42 bits per heavy atom. The number of rotatable bonds is 5. The predicted molar refractivity (Wildman–Crippen MR) is 166 cm³/mol. The summed E-state index contributed by atoms with van der Waals surface area (Å²) in [6.45, 7) is 3.86. The van der Waals surface area contributed by atoms with Crippen LogP contribution in [0.1, 0.15) is 53.0 Å². The SMILES string of the molecule is Cc1cc(C)c(C2C(C#N)=C(N)N(c3ccc(Cl)cc3C(F)(F)F)C3=C2C(=O)CCC3)cc1CSc1cc(Cl)ccc1Cl. The molecule has 0 aromatic heterocycles. The summed E-state index contributed by atoms with van der Waals surface area (Å²) < 4.78 is 42.6. The van der Waals surface area contributed by atoms with Gasteiger partial charge < -0.3 is 5.73 Å². The van der Waals surface area contributed by atoms with Gasteiger partial charge in [0, 0.05) is 38.4 Å². The summed E-state index contributed by atoms with van der Waals surface area (Å²) in [7, 11) is 0. The quantitative estimate of drug-likeness (QED) is 0.276. The Bertz CT molecular complexity index is 1760. The molecule has 43 heavy (non-hydrogen) atoms. The van der Waals surface area contributed by atoms with Gasteiger partial charge in [-0.15, -0.1) is 11.8 Å². The van der Waals surface area contributed by atoms with E-state index in [2.05, 4.69) is 6.07 Å². The standard InChI is InChI=1S/C32H25Cl3F3N3OS/c1-16-10-17(2)21(11-18(16)15-43-28-13-20(34)6-8-24(28)35)29-22(14-39)31(40)41(26-4-3-5-27(42)30(26)29)25-9-7-19(33)12-23(25)32(36,37)38/h6-13,29H,3-5,15,40H2,1-2H3. The van der Waals surface area contributed by atoms with Gasteiger partial charge in [0.25, 0.3) is 0 Å². The third-order valence-corrected chi connectivity index (χ3v) is 9.75. The minimum atomic E-state index is -4.75. The molecule has 3 aromatic rings. The highest BCUT2D eigenvalue weighted by Gasteiger charge is 2.43. The second-order valence-electron chi connectivity index (χ2n) is 10.5. The molecule has 1 heterocycles. The van der Waals surface area contributed by atoms with Crippen LogP contribution in [0.25, 0.3) is 0 Å². The molecule has 0 amide bonds. The molecule has 3 aromatic carbocycles. The van der Waals surface area contributed by atoms with Gasteiger partial charge in [0.2, 0.25) is 0 Å². The number of alkyl halides is 3. The van der Waals surface area contributed by atoms with Crippen molar-refractivity contribution in [2.45, 2.75) is 55.9 Å². The smallest absolute Gasteiger partial charge is 0.384 e.